The van der Waals surface area contributed by atoms with E-state index >= 15 is 0 Å². The van der Waals surface area contributed by atoms with E-state index in [1.165, 1.54) is 12.1 Å². The zero-order chi connectivity index (χ0) is 10.6. The molecule has 5 heteroatoms. The lowest BCUT2D eigenvalue weighted by Gasteiger charge is -2.07. The average Bonchev–Trinajstić information content (AvgIpc) is 2.10. The molecule has 0 aromatic heterocycles. The molecule has 0 saturated heterocycles. The Morgan fingerprint density at radius 2 is 2.14 bits per heavy atom. The van der Waals surface area contributed by atoms with Crippen molar-refractivity contribution in [3.05, 3.63) is 23.8 Å². The number of nitrogens with two attached hydrogens (primary N) is 1. The molecule has 0 spiro atoms. The predicted octanol–water partition coefficient (Wildman–Crippen LogP) is 1.49. The molecule has 0 fully saturated rings. The van der Waals surface area contributed by atoms with Crippen molar-refractivity contribution in [1.29, 1.82) is 0 Å². The number of alkyl halides is 2. The van der Waals surface area contributed by atoms with Crippen molar-refractivity contribution in [1.82, 2.24) is 0 Å². The first-order valence-electron chi connectivity index (χ1n) is 4.10. The minimum Gasteiger partial charge on any atom is -0.504 e. The summed E-state index contributed by atoms with van der Waals surface area (Å²) in [4.78, 5) is 0. The number of hydrogen-bond donors (Lipinski definition) is 2. The lowest BCUT2D eigenvalue weighted by Crippen LogP contribution is -2.04. The highest BCUT2D eigenvalue weighted by atomic mass is 19.3. The molecule has 1 rings (SSSR count). The van der Waals surface area contributed by atoms with Crippen molar-refractivity contribution in [2.45, 2.75) is 13.0 Å². The summed E-state index contributed by atoms with van der Waals surface area (Å²) in [5.41, 5.74) is 6.08. The summed E-state index contributed by atoms with van der Waals surface area (Å²) >= 11 is 0. The van der Waals surface area contributed by atoms with Crippen molar-refractivity contribution in [3.63, 3.8) is 0 Å². The highest BCUT2D eigenvalue weighted by molar-refractivity contribution is 5.41. The van der Waals surface area contributed by atoms with Gasteiger partial charge in [0, 0.05) is 0 Å². The molecule has 1 aromatic rings. The van der Waals surface area contributed by atoms with Crippen LogP contribution >= 0.6 is 0 Å². The van der Waals surface area contributed by atoms with Crippen LogP contribution in [0.3, 0.4) is 0 Å². The van der Waals surface area contributed by atoms with E-state index in [9.17, 15) is 13.9 Å². The van der Waals surface area contributed by atoms with E-state index in [4.69, 9.17) is 5.73 Å². The Morgan fingerprint density at radius 3 is 2.64 bits per heavy atom. The van der Waals surface area contributed by atoms with Gasteiger partial charge in [-0.25, -0.2) is 0 Å². The highest BCUT2D eigenvalue weighted by Gasteiger charge is 2.09. The van der Waals surface area contributed by atoms with Gasteiger partial charge in [0.1, 0.15) is 0 Å². The second-order valence-electron chi connectivity index (χ2n) is 2.72. The average molecular weight is 203 g/mol. The first-order chi connectivity index (χ1) is 6.63. The number of hydrogen-bond acceptors (Lipinski definition) is 3. The van der Waals surface area contributed by atoms with Crippen LogP contribution in [0.1, 0.15) is 5.56 Å². The molecule has 0 radical (unpaired) electrons. The molecular weight excluding hydrogens is 192 g/mol. The van der Waals surface area contributed by atoms with Gasteiger partial charge in [-0.3, -0.25) is 0 Å². The van der Waals surface area contributed by atoms with E-state index in [-0.39, 0.29) is 11.5 Å². The van der Waals surface area contributed by atoms with E-state index in [0.29, 0.717) is 13.0 Å². The van der Waals surface area contributed by atoms with E-state index in [2.05, 4.69) is 4.74 Å². The number of ether oxygens (including phenoxy) is 1. The lowest BCUT2D eigenvalue weighted by molar-refractivity contribution is -0.0512. The number of rotatable bonds is 4. The molecule has 1 aromatic carbocycles. The van der Waals surface area contributed by atoms with Crippen LogP contribution < -0.4 is 10.5 Å². The third-order valence-corrected chi connectivity index (χ3v) is 1.67. The van der Waals surface area contributed by atoms with E-state index < -0.39 is 6.61 Å². The summed E-state index contributed by atoms with van der Waals surface area (Å²) in [5, 5.41) is 9.27. The smallest absolute Gasteiger partial charge is 0.387 e. The van der Waals surface area contributed by atoms with Gasteiger partial charge >= 0.3 is 6.61 Å². The fraction of sp³-hybridized carbons (Fsp3) is 0.333. The van der Waals surface area contributed by atoms with Crippen molar-refractivity contribution < 1.29 is 18.6 Å². The third kappa shape index (κ3) is 2.85. The molecule has 3 nitrogen and oxygen atoms in total. The molecule has 0 aliphatic rings. The van der Waals surface area contributed by atoms with E-state index in [1.807, 2.05) is 0 Å². The minimum absolute atomic E-state index is 0.222. The zero-order valence-electron chi connectivity index (χ0n) is 7.41. The Morgan fingerprint density at radius 1 is 1.43 bits per heavy atom. The molecule has 78 valence electrons. The van der Waals surface area contributed by atoms with E-state index in [0.717, 1.165) is 5.56 Å². The Balaban J connectivity index is 2.79. The summed E-state index contributed by atoms with van der Waals surface area (Å²) in [6.07, 6.45) is 0.586. The molecule has 0 aliphatic heterocycles. The van der Waals surface area contributed by atoms with E-state index in [1.54, 1.807) is 6.07 Å². The van der Waals surface area contributed by atoms with Crippen LogP contribution in [0.2, 0.25) is 0 Å². The maximum Gasteiger partial charge on any atom is 0.387 e. The zero-order valence-corrected chi connectivity index (χ0v) is 7.41. The van der Waals surface area contributed by atoms with Gasteiger partial charge in [0.25, 0.3) is 0 Å². The largest absolute Gasteiger partial charge is 0.504 e. The molecule has 0 saturated carbocycles. The van der Waals surface area contributed by atoms with Crippen LogP contribution in [0, 0.1) is 0 Å². The van der Waals surface area contributed by atoms with Gasteiger partial charge < -0.3 is 15.6 Å². The quantitative estimate of drug-likeness (QED) is 0.779. The number of aromatic hydroxyl groups is 1. The number of phenolic OH excluding ortho intramolecular Hbond substituents is 1. The second-order valence-corrected chi connectivity index (χ2v) is 2.72. The van der Waals surface area contributed by atoms with Crippen LogP contribution in [0.15, 0.2) is 18.2 Å². The molecule has 0 unspecified atom stereocenters. The first kappa shape index (κ1) is 10.7. The normalized spacial score (nSPS) is 10.6. The molecule has 0 amide bonds. The molecular formula is C9H11F2NO2. The van der Waals surface area contributed by atoms with Gasteiger partial charge in [0.05, 0.1) is 0 Å². The van der Waals surface area contributed by atoms with Gasteiger partial charge in [-0.05, 0) is 30.7 Å². The summed E-state index contributed by atoms with van der Waals surface area (Å²) in [5.74, 6) is -0.517. The lowest BCUT2D eigenvalue weighted by atomic mass is 10.1. The maximum absolute atomic E-state index is 11.8. The van der Waals surface area contributed by atoms with Gasteiger partial charge in [0.2, 0.25) is 0 Å². The molecule has 0 atom stereocenters. The van der Waals surface area contributed by atoms with Gasteiger partial charge in [0.15, 0.2) is 11.5 Å². The summed E-state index contributed by atoms with van der Waals surface area (Å²) in [6, 6.07) is 4.25. The summed E-state index contributed by atoms with van der Waals surface area (Å²) in [7, 11) is 0. The van der Waals surface area contributed by atoms with Crippen molar-refractivity contribution >= 4 is 0 Å². The minimum atomic E-state index is -2.93. The SMILES string of the molecule is NCCc1ccc(OC(F)F)c(O)c1. The van der Waals surface area contributed by atoms with Crippen LogP contribution in [-0.2, 0) is 6.42 Å². The third-order valence-electron chi connectivity index (χ3n) is 1.67. The molecule has 3 N–H and O–H groups in total. The van der Waals surface area contributed by atoms with Crippen molar-refractivity contribution in [2.75, 3.05) is 6.54 Å². The Bertz CT molecular complexity index is 305. The topological polar surface area (TPSA) is 55.5 Å². The van der Waals surface area contributed by atoms with Gasteiger partial charge in [-0.15, -0.1) is 0 Å². The summed E-state index contributed by atoms with van der Waals surface area (Å²) in [6.45, 7) is -2.49. The summed E-state index contributed by atoms with van der Waals surface area (Å²) < 4.78 is 27.7. The number of phenols is 1. The second kappa shape index (κ2) is 4.76. The fourth-order valence-electron chi connectivity index (χ4n) is 1.08. The predicted molar refractivity (Wildman–Crippen MR) is 47.5 cm³/mol. The fourth-order valence-corrected chi connectivity index (χ4v) is 1.08. The number of halogens is 2. The van der Waals surface area contributed by atoms with Crippen LogP contribution in [0.4, 0.5) is 8.78 Å². The van der Waals surface area contributed by atoms with Gasteiger partial charge in [-0.1, -0.05) is 6.07 Å². The Kier molecular flexibility index (Phi) is 3.64. The molecule has 0 heterocycles. The van der Waals surface area contributed by atoms with Crippen molar-refractivity contribution in [3.8, 4) is 11.5 Å². The van der Waals surface area contributed by atoms with Crippen molar-refractivity contribution in [2.24, 2.45) is 5.73 Å². The maximum atomic E-state index is 11.8. The first-order valence-corrected chi connectivity index (χ1v) is 4.10. The Labute approximate surface area is 80.1 Å². The standard InChI is InChI=1S/C9H11F2NO2/c10-9(11)14-8-2-1-6(3-4-12)5-7(8)13/h1-2,5,9,13H,3-4,12H2. The van der Waals surface area contributed by atoms with Crippen LogP contribution in [-0.4, -0.2) is 18.3 Å². The monoisotopic (exact) mass is 203 g/mol. The molecule has 0 aliphatic carbocycles. The molecule has 0 bridgehead atoms. The van der Waals surface area contributed by atoms with Crippen LogP contribution in [0.5, 0.6) is 11.5 Å². The molecule has 14 heavy (non-hydrogen) atoms. The van der Waals surface area contributed by atoms with Crippen LogP contribution in [0.25, 0.3) is 0 Å². The highest BCUT2D eigenvalue weighted by Crippen LogP contribution is 2.28. The van der Waals surface area contributed by atoms with Gasteiger partial charge in [-0.2, -0.15) is 8.78 Å². The number of benzene rings is 1. The Hall–Kier alpha value is -1.36.